The van der Waals surface area contributed by atoms with Gasteiger partial charge in [-0.2, -0.15) is 0 Å². The average molecular weight is 347 g/mol. The van der Waals surface area contributed by atoms with Crippen LogP contribution in [0.25, 0.3) is 0 Å². The molecule has 7 nitrogen and oxygen atoms in total. The monoisotopic (exact) mass is 347 g/mol. The highest BCUT2D eigenvalue weighted by atomic mass is 16.5. The summed E-state index contributed by atoms with van der Waals surface area (Å²) in [6, 6.07) is 6.52. The van der Waals surface area contributed by atoms with E-state index in [2.05, 4.69) is 28.1 Å². The molecule has 0 saturated carbocycles. The molecule has 2 heterocycles. The van der Waals surface area contributed by atoms with Gasteiger partial charge < -0.3 is 18.6 Å². The molecule has 1 fully saturated rings. The van der Waals surface area contributed by atoms with E-state index in [1.807, 2.05) is 12.1 Å². The van der Waals surface area contributed by atoms with Crippen molar-refractivity contribution in [2.45, 2.75) is 39.0 Å². The molecule has 1 saturated heterocycles. The first-order valence-electron chi connectivity index (χ1n) is 8.44. The van der Waals surface area contributed by atoms with Crippen LogP contribution in [-0.2, 0) is 17.8 Å². The van der Waals surface area contributed by atoms with E-state index < -0.39 is 0 Å². The minimum absolute atomic E-state index is 0.222. The minimum atomic E-state index is 0.222. The Bertz CT molecular complexity index is 697. The number of hydrogen-bond acceptors (Lipinski definition) is 7. The molecular weight excluding hydrogens is 322 g/mol. The summed E-state index contributed by atoms with van der Waals surface area (Å²) in [5, 5.41) is 7.74. The first-order valence-corrected chi connectivity index (χ1v) is 8.44. The number of benzene rings is 1. The predicted molar refractivity (Wildman–Crippen MR) is 91.9 cm³/mol. The van der Waals surface area contributed by atoms with Crippen LogP contribution in [-0.4, -0.2) is 54.6 Å². The fraction of sp³-hybridized carbons (Fsp3) is 0.556. The Labute approximate surface area is 147 Å². The molecule has 1 aromatic heterocycles. The van der Waals surface area contributed by atoms with Gasteiger partial charge in [-0.05, 0) is 31.0 Å². The van der Waals surface area contributed by atoms with Gasteiger partial charge in [-0.1, -0.05) is 6.07 Å². The molecule has 1 aromatic carbocycles. The zero-order valence-corrected chi connectivity index (χ0v) is 15.2. The molecule has 3 rings (SSSR count). The van der Waals surface area contributed by atoms with Gasteiger partial charge in [-0.15, -0.1) is 10.2 Å². The van der Waals surface area contributed by atoms with E-state index in [1.165, 1.54) is 5.56 Å². The normalized spacial score (nSPS) is 16.5. The van der Waals surface area contributed by atoms with Gasteiger partial charge in [-0.3, -0.25) is 4.90 Å². The van der Waals surface area contributed by atoms with Crippen molar-refractivity contribution in [3.8, 4) is 11.5 Å². The highest BCUT2D eigenvalue weighted by molar-refractivity contribution is 5.43. The van der Waals surface area contributed by atoms with Gasteiger partial charge in [0.15, 0.2) is 11.5 Å². The number of rotatable bonds is 8. The van der Waals surface area contributed by atoms with E-state index in [-0.39, 0.29) is 6.10 Å². The van der Waals surface area contributed by atoms with E-state index in [4.69, 9.17) is 18.6 Å². The van der Waals surface area contributed by atoms with E-state index in [1.54, 1.807) is 21.1 Å². The van der Waals surface area contributed by atoms with Gasteiger partial charge in [0.05, 0.1) is 20.3 Å². The van der Waals surface area contributed by atoms with Crippen LogP contribution in [0.15, 0.2) is 22.6 Å². The molecule has 0 aliphatic carbocycles. The van der Waals surface area contributed by atoms with Crippen LogP contribution in [0.5, 0.6) is 11.5 Å². The van der Waals surface area contributed by atoms with Crippen molar-refractivity contribution in [2.75, 3.05) is 27.3 Å². The molecular formula is C18H25N3O4. The summed E-state index contributed by atoms with van der Waals surface area (Å²) in [5.74, 6) is 2.63. The first kappa shape index (κ1) is 17.7. The Morgan fingerprint density at radius 1 is 1.20 bits per heavy atom. The number of ether oxygens (including phenoxy) is 3. The zero-order chi connectivity index (χ0) is 17.8. The molecule has 1 atom stereocenters. The molecule has 25 heavy (non-hydrogen) atoms. The molecule has 0 amide bonds. The van der Waals surface area contributed by atoms with Crippen molar-refractivity contribution in [2.24, 2.45) is 0 Å². The number of methoxy groups -OCH3 is 2. The Morgan fingerprint density at radius 3 is 2.60 bits per heavy atom. The van der Waals surface area contributed by atoms with Crippen molar-refractivity contribution in [3.63, 3.8) is 0 Å². The standard InChI is InChI=1S/C18H25N3O4/c1-12(7-14-5-6-16(22-3)17(8-14)23-4)21-9-15(10-21)24-11-18-20-19-13(2)25-18/h5-6,8,12,15H,7,9-11H2,1-4H3. The minimum Gasteiger partial charge on any atom is -0.493 e. The molecule has 1 unspecified atom stereocenters. The Kier molecular flexibility index (Phi) is 5.55. The smallest absolute Gasteiger partial charge is 0.242 e. The van der Waals surface area contributed by atoms with Gasteiger partial charge in [0.2, 0.25) is 11.8 Å². The first-order chi connectivity index (χ1) is 12.1. The molecule has 1 aliphatic rings. The number of likely N-dealkylation sites (tertiary alicyclic amines) is 1. The third-order valence-electron chi connectivity index (χ3n) is 4.49. The molecule has 2 aromatic rings. The molecule has 7 heteroatoms. The van der Waals surface area contributed by atoms with Crippen molar-refractivity contribution in [1.82, 2.24) is 15.1 Å². The van der Waals surface area contributed by atoms with Crippen molar-refractivity contribution < 1.29 is 18.6 Å². The van der Waals surface area contributed by atoms with E-state index in [0.717, 1.165) is 31.0 Å². The van der Waals surface area contributed by atoms with Crippen molar-refractivity contribution in [1.29, 1.82) is 0 Å². The summed E-state index contributed by atoms with van der Waals surface area (Å²) >= 11 is 0. The highest BCUT2D eigenvalue weighted by Gasteiger charge is 2.31. The van der Waals surface area contributed by atoms with Gasteiger partial charge >= 0.3 is 0 Å². The third kappa shape index (κ3) is 4.29. The summed E-state index contributed by atoms with van der Waals surface area (Å²) in [5.41, 5.74) is 1.23. The average Bonchev–Trinajstić information content (AvgIpc) is 2.98. The second-order valence-corrected chi connectivity index (χ2v) is 6.34. The predicted octanol–water partition coefficient (Wildman–Crippen LogP) is 2.23. The molecule has 0 N–H and O–H groups in total. The van der Waals surface area contributed by atoms with Gasteiger partial charge in [0.25, 0.3) is 0 Å². The number of nitrogens with zero attached hydrogens (tertiary/aromatic N) is 3. The lowest BCUT2D eigenvalue weighted by atomic mass is 10.0. The fourth-order valence-corrected chi connectivity index (χ4v) is 3.00. The van der Waals surface area contributed by atoms with Crippen LogP contribution in [0.1, 0.15) is 24.3 Å². The van der Waals surface area contributed by atoms with Crippen molar-refractivity contribution in [3.05, 3.63) is 35.5 Å². The molecule has 0 bridgehead atoms. The van der Waals surface area contributed by atoms with Crippen LogP contribution >= 0.6 is 0 Å². The lowest BCUT2D eigenvalue weighted by Crippen LogP contribution is -2.56. The van der Waals surface area contributed by atoms with Crippen molar-refractivity contribution >= 4 is 0 Å². The van der Waals surface area contributed by atoms with Crippen LogP contribution in [0.2, 0.25) is 0 Å². The Balaban J connectivity index is 1.45. The van der Waals surface area contributed by atoms with E-state index in [0.29, 0.717) is 24.4 Å². The number of aromatic nitrogens is 2. The molecule has 0 radical (unpaired) electrons. The third-order valence-corrected chi connectivity index (χ3v) is 4.49. The van der Waals surface area contributed by atoms with Crippen LogP contribution in [0.3, 0.4) is 0 Å². The maximum atomic E-state index is 5.80. The summed E-state index contributed by atoms with van der Waals surface area (Å²) in [7, 11) is 3.31. The lowest BCUT2D eigenvalue weighted by molar-refractivity contribution is -0.0813. The number of hydrogen-bond donors (Lipinski definition) is 0. The second-order valence-electron chi connectivity index (χ2n) is 6.34. The summed E-state index contributed by atoms with van der Waals surface area (Å²) < 4.78 is 21.8. The van der Waals surface area contributed by atoms with Gasteiger partial charge in [0.1, 0.15) is 6.61 Å². The SMILES string of the molecule is COc1ccc(CC(C)N2CC(OCc3nnc(C)o3)C2)cc1OC. The van der Waals surface area contributed by atoms with E-state index in [9.17, 15) is 0 Å². The van der Waals surface area contributed by atoms with Crippen LogP contribution < -0.4 is 9.47 Å². The number of aryl methyl sites for hydroxylation is 1. The van der Waals surface area contributed by atoms with Gasteiger partial charge in [0, 0.05) is 26.1 Å². The quantitative estimate of drug-likeness (QED) is 0.725. The van der Waals surface area contributed by atoms with Crippen LogP contribution in [0.4, 0.5) is 0 Å². The Morgan fingerprint density at radius 2 is 1.96 bits per heavy atom. The highest BCUT2D eigenvalue weighted by Crippen LogP contribution is 2.29. The summed E-state index contributed by atoms with van der Waals surface area (Å²) in [6.45, 7) is 6.22. The second kappa shape index (κ2) is 7.84. The summed E-state index contributed by atoms with van der Waals surface area (Å²) in [4.78, 5) is 2.40. The largest absolute Gasteiger partial charge is 0.493 e. The molecule has 0 spiro atoms. The Hall–Kier alpha value is -2.12. The lowest BCUT2D eigenvalue weighted by Gasteiger charge is -2.42. The maximum Gasteiger partial charge on any atom is 0.242 e. The topological polar surface area (TPSA) is 69.9 Å². The fourth-order valence-electron chi connectivity index (χ4n) is 3.00. The molecule has 136 valence electrons. The zero-order valence-electron chi connectivity index (χ0n) is 15.2. The van der Waals surface area contributed by atoms with Gasteiger partial charge in [-0.25, -0.2) is 0 Å². The van der Waals surface area contributed by atoms with E-state index >= 15 is 0 Å². The summed E-state index contributed by atoms with van der Waals surface area (Å²) in [6.07, 6.45) is 1.18. The maximum absolute atomic E-state index is 5.80. The van der Waals surface area contributed by atoms with Crippen LogP contribution in [0, 0.1) is 6.92 Å². The molecule has 1 aliphatic heterocycles.